The van der Waals surface area contributed by atoms with Crippen molar-refractivity contribution in [1.29, 1.82) is 0 Å². The Morgan fingerprint density at radius 1 is 1.27 bits per heavy atom. The molecular formula is C14H13F3N2O3. The lowest BCUT2D eigenvalue weighted by molar-refractivity contribution is -0.139. The summed E-state index contributed by atoms with van der Waals surface area (Å²) in [5.41, 5.74) is -1.06. The number of allylic oxidation sites excluding steroid dienone is 1. The average molecular weight is 314 g/mol. The Hall–Kier alpha value is -2.51. The minimum absolute atomic E-state index is 0.0706. The highest BCUT2D eigenvalue weighted by molar-refractivity contribution is 5.95. The van der Waals surface area contributed by atoms with Gasteiger partial charge in [0.15, 0.2) is 0 Å². The average Bonchev–Trinajstić information content (AvgIpc) is 2.45. The topological polar surface area (TPSA) is 67.4 Å². The number of halogens is 3. The first-order valence-corrected chi connectivity index (χ1v) is 6.28. The Morgan fingerprint density at radius 3 is 2.50 bits per heavy atom. The summed E-state index contributed by atoms with van der Waals surface area (Å²) in [4.78, 5) is 23.5. The van der Waals surface area contributed by atoms with Crippen LogP contribution in [0.1, 0.15) is 24.1 Å². The number of carbonyl (C=O) groups is 2. The van der Waals surface area contributed by atoms with Gasteiger partial charge in [-0.3, -0.25) is 0 Å². The fraction of sp³-hybridized carbons (Fsp3) is 0.286. The summed E-state index contributed by atoms with van der Waals surface area (Å²) in [5, 5.41) is 4.68. The van der Waals surface area contributed by atoms with Gasteiger partial charge in [-0.05, 0) is 18.6 Å². The van der Waals surface area contributed by atoms with Crippen LogP contribution in [0.15, 0.2) is 35.5 Å². The third-order valence-electron chi connectivity index (χ3n) is 3.25. The molecule has 22 heavy (non-hydrogen) atoms. The summed E-state index contributed by atoms with van der Waals surface area (Å²) < 4.78 is 44.0. The molecule has 0 spiro atoms. The minimum atomic E-state index is -4.61. The maximum absolute atomic E-state index is 13.1. The highest BCUT2D eigenvalue weighted by Gasteiger charge is 2.39. The summed E-state index contributed by atoms with van der Waals surface area (Å²) in [6.07, 6.45) is -4.61. The van der Waals surface area contributed by atoms with Gasteiger partial charge in [-0.2, -0.15) is 13.2 Å². The van der Waals surface area contributed by atoms with Crippen LogP contribution in [0.3, 0.4) is 0 Å². The first-order valence-electron chi connectivity index (χ1n) is 6.28. The second kappa shape index (κ2) is 5.70. The number of hydrogen-bond acceptors (Lipinski definition) is 3. The molecule has 0 aliphatic carbocycles. The van der Waals surface area contributed by atoms with Gasteiger partial charge in [0, 0.05) is 5.70 Å². The molecule has 0 unspecified atom stereocenters. The van der Waals surface area contributed by atoms with E-state index in [1.807, 2.05) is 0 Å². The zero-order chi connectivity index (χ0) is 16.5. The Balaban J connectivity index is 2.62. The summed E-state index contributed by atoms with van der Waals surface area (Å²) in [5.74, 6) is -0.813. The van der Waals surface area contributed by atoms with E-state index in [2.05, 4.69) is 15.4 Å². The molecule has 1 aromatic carbocycles. The molecule has 2 amide bonds. The largest absolute Gasteiger partial charge is 0.466 e. The van der Waals surface area contributed by atoms with E-state index < -0.39 is 29.8 Å². The van der Waals surface area contributed by atoms with E-state index in [1.54, 1.807) is 0 Å². The molecule has 1 aliphatic heterocycles. The van der Waals surface area contributed by atoms with Gasteiger partial charge in [-0.25, -0.2) is 9.59 Å². The molecule has 8 heteroatoms. The number of esters is 1. The van der Waals surface area contributed by atoms with Gasteiger partial charge < -0.3 is 15.4 Å². The number of benzene rings is 1. The van der Waals surface area contributed by atoms with Crippen LogP contribution in [-0.2, 0) is 15.7 Å². The van der Waals surface area contributed by atoms with Crippen molar-refractivity contribution >= 4 is 12.0 Å². The second-order valence-electron chi connectivity index (χ2n) is 4.65. The molecule has 2 rings (SSSR count). The normalized spacial score (nSPS) is 18.6. The van der Waals surface area contributed by atoms with Crippen LogP contribution in [-0.4, -0.2) is 19.1 Å². The van der Waals surface area contributed by atoms with Crippen molar-refractivity contribution < 1.29 is 27.5 Å². The van der Waals surface area contributed by atoms with Gasteiger partial charge in [0.1, 0.15) is 0 Å². The lowest BCUT2D eigenvalue weighted by Gasteiger charge is -2.29. The summed E-state index contributed by atoms with van der Waals surface area (Å²) in [6, 6.07) is 2.83. The van der Waals surface area contributed by atoms with Crippen molar-refractivity contribution in [2.45, 2.75) is 19.1 Å². The predicted octanol–water partition coefficient (Wildman–Crippen LogP) is 2.51. The van der Waals surface area contributed by atoms with Gasteiger partial charge in [-0.15, -0.1) is 0 Å². The molecule has 0 fully saturated rings. The molecule has 0 saturated carbocycles. The zero-order valence-corrected chi connectivity index (χ0v) is 11.7. The molecule has 0 bridgehead atoms. The van der Waals surface area contributed by atoms with Crippen LogP contribution in [0.4, 0.5) is 18.0 Å². The lowest BCUT2D eigenvalue weighted by Crippen LogP contribution is -2.45. The summed E-state index contributed by atoms with van der Waals surface area (Å²) in [7, 11) is 1.12. The number of urea groups is 1. The third-order valence-corrected chi connectivity index (χ3v) is 3.25. The van der Waals surface area contributed by atoms with Crippen LogP contribution in [0.25, 0.3) is 0 Å². The van der Waals surface area contributed by atoms with Crippen LogP contribution >= 0.6 is 0 Å². The predicted molar refractivity (Wildman–Crippen MR) is 70.6 cm³/mol. The van der Waals surface area contributed by atoms with Crippen molar-refractivity contribution in [3.8, 4) is 0 Å². The second-order valence-corrected chi connectivity index (χ2v) is 4.65. The van der Waals surface area contributed by atoms with E-state index in [-0.39, 0.29) is 16.8 Å². The molecule has 1 atom stereocenters. The number of amides is 2. The molecule has 0 radical (unpaired) electrons. The smallest absolute Gasteiger partial charge is 0.416 e. The van der Waals surface area contributed by atoms with E-state index in [4.69, 9.17) is 0 Å². The number of nitrogens with one attached hydrogen (secondary N) is 2. The minimum Gasteiger partial charge on any atom is -0.466 e. The monoisotopic (exact) mass is 314 g/mol. The van der Waals surface area contributed by atoms with Gasteiger partial charge in [0.25, 0.3) is 0 Å². The van der Waals surface area contributed by atoms with Crippen LogP contribution < -0.4 is 10.6 Å². The molecule has 1 heterocycles. The van der Waals surface area contributed by atoms with Crippen LogP contribution in [0, 0.1) is 0 Å². The van der Waals surface area contributed by atoms with Gasteiger partial charge in [0.2, 0.25) is 0 Å². The molecule has 1 aromatic rings. The third kappa shape index (κ3) is 2.90. The standard InChI is InChI=1S/C14H13F3N2O3/c1-7-10(12(20)22-2)11(19-13(21)18-7)8-5-3-4-6-9(8)14(15,16)17/h3-6,11H,1-2H3,(H2,18,19,21)/t11-/m0/s1. The first kappa shape index (κ1) is 15.9. The van der Waals surface area contributed by atoms with Gasteiger partial charge in [-0.1, -0.05) is 18.2 Å². The van der Waals surface area contributed by atoms with E-state index in [1.165, 1.54) is 25.1 Å². The van der Waals surface area contributed by atoms with Crippen molar-refractivity contribution in [3.63, 3.8) is 0 Å². The van der Waals surface area contributed by atoms with E-state index in [9.17, 15) is 22.8 Å². The fourth-order valence-electron chi connectivity index (χ4n) is 2.31. The zero-order valence-electron chi connectivity index (χ0n) is 11.7. The van der Waals surface area contributed by atoms with Crippen LogP contribution in [0.5, 0.6) is 0 Å². The molecule has 1 aliphatic rings. The van der Waals surface area contributed by atoms with Crippen LogP contribution in [0.2, 0.25) is 0 Å². The maximum Gasteiger partial charge on any atom is 0.416 e. The Kier molecular flexibility index (Phi) is 4.11. The highest BCUT2D eigenvalue weighted by atomic mass is 19.4. The number of hydrogen-bond donors (Lipinski definition) is 2. The fourth-order valence-corrected chi connectivity index (χ4v) is 2.31. The van der Waals surface area contributed by atoms with E-state index >= 15 is 0 Å². The lowest BCUT2D eigenvalue weighted by atomic mass is 9.91. The SMILES string of the molecule is COC(=O)C1=C(C)NC(=O)N[C@H]1c1ccccc1C(F)(F)F. The van der Waals surface area contributed by atoms with Crippen molar-refractivity contribution in [2.75, 3.05) is 7.11 Å². The quantitative estimate of drug-likeness (QED) is 0.824. The van der Waals surface area contributed by atoms with Crippen molar-refractivity contribution in [3.05, 3.63) is 46.7 Å². The number of alkyl halides is 3. The molecule has 2 N–H and O–H groups in total. The number of methoxy groups -OCH3 is 1. The first-order chi connectivity index (χ1) is 10.3. The number of carbonyl (C=O) groups excluding carboxylic acids is 2. The Bertz CT molecular complexity index is 653. The van der Waals surface area contributed by atoms with Gasteiger partial charge in [0.05, 0.1) is 24.3 Å². The summed E-state index contributed by atoms with van der Waals surface area (Å²) in [6.45, 7) is 1.42. The van der Waals surface area contributed by atoms with Crippen molar-refractivity contribution in [1.82, 2.24) is 10.6 Å². The number of rotatable bonds is 2. The molecule has 118 valence electrons. The van der Waals surface area contributed by atoms with E-state index in [0.29, 0.717) is 0 Å². The van der Waals surface area contributed by atoms with Gasteiger partial charge >= 0.3 is 18.2 Å². The Labute approximate surface area is 124 Å². The molecule has 0 saturated heterocycles. The maximum atomic E-state index is 13.1. The van der Waals surface area contributed by atoms with E-state index in [0.717, 1.165) is 13.2 Å². The molecule has 5 nitrogen and oxygen atoms in total. The van der Waals surface area contributed by atoms with Crippen molar-refractivity contribution in [2.24, 2.45) is 0 Å². The Morgan fingerprint density at radius 2 is 1.91 bits per heavy atom. The molecule has 0 aromatic heterocycles. The highest BCUT2D eigenvalue weighted by Crippen LogP contribution is 2.37. The number of ether oxygens (including phenoxy) is 1. The molecular weight excluding hydrogens is 301 g/mol. The summed E-state index contributed by atoms with van der Waals surface area (Å²) >= 11 is 0.